The van der Waals surface area contributed by atoms with Gasteiger partial charge in [0.25, 0.3) is 5.91 Å². The third-order valence-electron chi connectivity index (χ3n) is 2.66. The van der Waals surface area contributed by atoms with Crippen LogP contribution in [0.3, 0.4) is 0 Å². The van der Waals surface area contributed by atoms with Crippen LogP contribution in [-0.2, 0) is 0 Å². The molecule has 0 saturated carbocycles. The summed E-state index contributed by atoms with van der Waals surface area (Å²) in [5.41, 5.74) is 12.8. The molecule has 0 aliphatic rings. The standard InChI is InChI=1S/C14H12N4O/c15-8-9-6-7-11(16)13(17)12(9)14(19)18-10-4-2-1-3-5-10/h1-7H,16-17H2,(H,18,19). The average Bonchev–Trinajstić information content (AvgIpc) is 2.42. The molecule has 0 fully saturated rings. The molecule has 0 aliphatic carbocycles. The smallest absolute Gasteiger partial charge is 0.259 e. The van der Waals surface area contributed by atoms with Crippen molar-refractivity contribution in [2.75, 3.05) is 16.8 Å². The first-order chi connectivity index (χ1) is 9.13. The number of anilines is 3. The largest absolute Gasteiger partial charge is 0.397 e. The predicted molar refractivity (Wildman–Crippen MR) is 74.4 cm³/mol. The lowest BCUT2D eigenvalue weighted by Crippen LogP contribution is -2.16. The molecular weight excluding hydrogens is 240 g/mol. The van der Waals surface area contributed by atoms with Gasteiger partial charge in [-0.05, 0) is 24.3 Å². The summed E-state index contributed by atoms with van der Waals surface area (Å²) in [6.07, 6.45) is 0. The fourth-order valence-corrected chi connectivity index (χ4v) is 1.69. The number of rotatable bonds is 2. The summed E-state index contributed by atoms with van der Waals surface area (Å²) in [6.45, 7) is 0. The van der Waals surface area contributed by atoms with E-state index in [2.05, 4.69) is 5.32 Å². The third-order valence-corrected chi connectivity index (χ3v) is 2.66. The van der Waals surface area contributed by atoms with Gasteiger partial charge in [0.2, 0.25) is 0 Å². The molecule has 0 aromatic heterocycles. The number of nitrogens with one attached hydrogen (secondary N) is 1. The maximum atomic E-state index is 12.2. The van der Waals surface area contributed by atoms with Gasteiger partial charge in [-0.2, -0.15) is 5.26 Å². The predicted octanol–water partition coefficient (Wildman–Crippen LogP) is 1.97. The molecule has 0 aliphatic heterocycles. The lowest BCUT2D eigenvalue weighted by atomic mass is 10.0. The van der Waals surface area contributed by atoms with E-state index in [0.29, 0.717) is 5.69 Å². The van der Waals surface area contributed by atoms with E-state index in [1.54, 1.807) is 24.3 Å². The van der Waals surface area contributed by atoms with E-state index in [-0.39, 0.29) is 22.5 Å². The van der Waals surface area contributed by atoms with Crippen LogP contribution < -0.4 is 16.8 Å². The highest BCUT2D eigenvalue weighted by atomic mass is 16.1. The highest BCUT2D eigenvalue weighted by molar-refractivity contribution is 6.10. The molecule has 2 aromatic carbocycles. The van der Waals surface area contributed by atoms with Crippen LogP contribution in [-0.4, -0.2) is 5.91 Å². The molecule has 5 nitrogen and oxygen atoms in total. The van der Waals surface area contributed by atoms with E-state index >= 15 is 0 Å². The summed E-state index contributed by atoms with van der Waals surface area (Å²) >= 11 is 0. The number of nitrogen functional groups attached to an aromatic ring is 2. The Morgan fingerprint density at radius 3 is 2.42 bits per heavy atom. The first-order valence-electron chi connectivity index (χ1n) is 5.58. The minimum absolute atomic E-state index is 0.103. The maximum Gasteiger partial charge on any atom is 0.259 e. The van der Waals surface area contributed by atoms with Crippen molar-refractivity contribution in [1.29, 1.82) is 5.26 Å². The number of nitrogens with zero attached hydrogens (tertiary/aromatic N) is 1. The molecule has 2 aromatic rings. The molecule has 1 amide bonds. The highest BCUT2D eigenvalue weighted by Gasteiger charge is 2.17. The van der Waals surface area contributed by atoms with Crippen LogP contribution in [0.15, 0.2) is 42.5 Å². The van der Waals surface area contributed by atoms with Crippen molar-refractivity contribution in [3.8, 4) is 6.07 Å². The zero-order chi connectivity index (χ0) is 13.8. The van der Waals surface area contributed by atoms with Crippen molar-refractivity contribution in [2.45, 2.75) is 0 Å². The van der Waals surface area contributed by atoms with E-state index < -0.39 is 5.91 Å². The second-order valence-electron chi connectivity index (χ2n) is 3.92. The van der Waals surface area contributed by atoms with Gasteiger partial charge in [-0.25, -0.2) is 0 Å². The molecule has 0 heterocycles. The summed E-state index contributed by atoms with van der Waals surface area (Å²) < 4.78 is 0. The molecule has 5 heteroatoms. The highest BCUT2D eigenvalue weighted by Crippen LogP contribution is 2.24. The van der Waals surface area contributed by atoms with Crippen LogP contribution in [0.1, 0.15) is 15.9 Å². The van der Waals surface area contributed by atoms with Gasteiger partial charge < -0.3 is 16.8 Å². The number of hydrogen-bond acceptors (Lipinski definition) is 4. The van der Waals surface area contributed by atoms with Crippen molar-refractivity contribution < 1.29 is 4.79 Å². The Morgan fingerprint density at radius 2 is 1.79 bits per heavy atom. The fraction of sp³-hybridized carbons (Fsp3) is 0. The molecule has 94 valence electrons. The number of carbonyl (C=O) groups excluding carboxylic acids is 1. The van der Waals surface area contributed by atoms with E-state index in [9.17, 15) is 4.79 Å². The number of nitrogens with two attached hydrogens (primary N) is 2. The molecule has 0 radical (unpaired) electrons. The lowest BCUT2D eigenvalue weighted by molar-refractivity contribution is 0.102. The minimum atomic E-state index is -0.451. The second kappa shape index (κ2) is 5.10. The number of benzene rings is 2. The van der Waals surface area contributed by atoms with Crippen LogP contribution in [0.2, 0.25) is 0 Å². The monoisotopic (exact) mass is 252 g/mol. The zero-order valence-corrected chi connectivity index (χ0v) is 10.1. The molecule has 5 N–H and O–H groups in total. The second-order valence-corrected chi connectivity index (χ2v) is 3.92. The van der Waals surface area contributed by atoms with E-state index in [1.165, 1.54) is 12.1 Å². The summed E-state index contributed by atoms with van der Waals surface area (Å²) in [7, 11) is 0. The Kier molecular flexibility index (Phi) is 3.35. The van der Waals surface area contributed by atoms with Crippen molar-refractivity contribution in [3.05, 3.63) is 53.6 Å². The molecule has 0 saturated heterocycles. The van der Waals surface area contributed by atoms with Gasteiger partial charge in [0, 0.05) is 5.69 Å². The van der Waals surface area contributed by atoms with Gasteiger partial charge in [-0.15, -0.1) is 0 Å². The normalized spacial score (nSPS) is 9.63. The van der Waals surface area contributed by atoms with Gasteiger partial charge in [0.05, 0.1) is 22.5 Å². The minimum Gasteiger partial charge on any atom is -0.397 e. The van der Waals surface area contributed by atoms with Gasteiger partial charge in [0.1, 0.15) is 6.07 Å². The lowest BCUT2D eigenvalue weighted by Gasteiger charge is -2.10. The van der Waals surface area contributed by atoms with Crippen LogP contribution in [0.4, 0.5) is 17.1 Å². The summed E-state index contributed by atoms with van der Waals surface area (Å²) in [5, 5.41) is 11.7. The van der Waals surface area contributed by atoms with Crippen molar-refractivity contribution in [3.63, 3.8) is 0 Å². The fourth-order valence-electron chi connectivity index (χ4n) is 1.69. The molecule has 0 atom stereocenters. The van der Waals surface area contributed by atoms with Crippen LogP contribution in [0.5, 0.6) is 0 Å². The number of para-hydroxylation sites is 1. The number of amides is 1. The van der Waals surface area contributed by atoms with Gasteiger partial charge >= 0.3 is 0 Å². The number of hydrogen-bond donors (Lipinski definition) is 3. The summed E-state index contributed by atoms with van der Waals surface area (Å²) in [5.74, 6) is -0.451. The SMILES string of the molecule is N#Cc1ccc(N)c(N)c1C(=O)Nc1ccccc1. The molecule has 2 rings (SSSR count). The van der Waals surface area contributed by atoms with Crippen LogP contribution >= 0.6 is 0 Å². The van der Waals surface area contributed by atoms with E-state index in [0.717, 1.165) is 0 Å². The first kappa shape index (κ1) is 12.5. The van der Waals surface area contributed by atoms with Gasteiger partial charge in [0.15, 0.2) is 0 Å². The number of carbonyl (C=O) groups is 1. The van der Waals surface area contributed by atoms with Crippen molar-refractivity contribution in [2.24, 2.45) is 0 Å². The molecule has 19 heavy (non-hydrogen) atoms. The Hall–Kier alpha value is -3.00. The topological polar surface area (TPSA) is 105 Å². The molecular formula is C14H12N4O. The summed E-state index contributed by atoms with van der Waals surface area (Å²) in [6, 6.07) is 13.8. The Morgan fingerprint density at radius 1 is 1.11 bits per heavy atom. The van der Waals surface area contributed by atoms with Gasteiger partial charge in [-0.3, -0.25) is 4.79 Å². The summed E-state index contributed by atoms with van der Waals surface area (Å²) in [4.78, 5) is 12.2. The van der Waals surface area contributed by atoms with Crippen molar-refractivity contribution >= 4 is 23.0 Å². The van der Waals surface area contributed by atoms with E-state index in [4.69, 9.17) is 16.7 Å². The zero-order valence-electron chi connectivity index (χ0n) is 10.1. The molecule has 0 spiro atoms. The van der Waals surface area contributed by atoms with E-state index in [1.807, 2.05) is 12.1 Å². The van der Waals surface area contributed by atoms with Crippen LogP contribution in [0.25, 0.3) is 0 Å². The first-order valence-corrected chi connectivity index (χ1v) is 5.58. The molecule has 0 bridgehead atoms. The number of nitriles is 1. The Bertz CT molecular complexity index is 659. The van der Waals surface area contributed by atoms with Crippen molar-refractivity contribution in [1.82, 2.24) is 0 Å². The van der Waals surface area contributed by atoms with Crippen LogP contribution in [0, 0.1) is 11.3 Å². The maximum absolute atomic E-state index is 12.2. The molecule has 0 unspecified atom stereocenters. The van der Waals surface area contributed by atoms with Gasteiger partial charge in [-0.1, -0.05) is 18.2 Å². The third kappa shape index (κ3) is 2.48. The Balaban J connectivity index is 2.40. The average molecular weight is 252 g/mol. The Labute approximate surface area is 110 Å². The quantitative estimate of drug-likeness (QED) is 0.710.